The molecule has 2 rings (SSSR count). The highest BCUT2D eigenvalue weighted by molar-refractivity contribution is 5.90. The zero-order chi connectivity index (χ0) is 15.4. The Morgan fingerprint density at radius 1 is 1.24 bits per heavy atom. The highest BCUT2D eigenvalue weighted by atomic mass is 16.2. The number of rotatable bonds is 3. The molecule has 1 saturated carbocycles. The minimum atomic E-state index is -0.312. The monoisotopic (exact) mass is 292 g/mol. The van der Waals surface area contributed by atoms with E-state index in [1.165, 1.54) is 24.8 Å². The van der Waals surface area contributed by atoms with Crippen molar-refractivity contribution in [1.29, 1.82) is 0 Å². The third kappa shape index (κ3) is 4.08. The van der Waals surface area contributed by atoms with E-state index >= 15 is 0 Å². The Kier molecular flexibility index (Phi) is 5.43. The van der Waals surface area contributed by atoms with Crippen LogP contribution in [0.4, 0.5) is 0 Å². The summed E-state index contributed by atoms with van der Waals surface area (Å²) < 4.78 is 0. The Morgan fingerprint density at radius 2 is 1.90 bits per heavy atom. The van der Waals surface area contributed by atoms with Gasteiger partial charge in [-0.05, 0) is 39.5 Å². The molecule has 118 valence electrons. The Balaban J connectivity index is 2.17. The number of nitrogens with zero attached hydrogens (tertiary/aromatic N) is 1. The van der Waals surface area contributed by atoms with Crippen molar-refractivity contribution in [2.75, 3.05) is 6.54 Å². The van der Waals surface area contributed by atoms with Gasteiger partial charge in [0, 0.05) is 19.0 Å². The van der Waals surface area contributed by atoms with E-state index in [1.807, 2.05) is 25.7 Å². The number of hydrogen-bond acceptors (Lipinski definition) is 2. The topological polar surface area (TPSA) is 49.4 Å². The normalized spacial score (nSPS) is 28.0. The van der Waals surface area contributed by atoms with E-state index in [4.69, 9.17) is 0 Å². The maximum atomic E-state index is 12.9. The van der Waals surface area contributed by atoms with E-state index < -0.39 is 0 Å². The molecule has 2 aliphatic rings. The molecule has 1 saturated heterocycles. The summed E-state index contributed by atoms with van der Waals surface area (Å²) in [5.74, 6) is 0.443. The predicted octanol–water partition coefficient (Wildman–Crippen LogP) is 2.64. The van der Waals surface area contributed by atoms with Gasteiger partial charge in [-0.3, -0.25) is 9.59 Å². The largest absolute Gasteiger partial charge is 0.344 e. The second-order valence-electron chi connectivity index (χ2n) is 6.77. The molecule has 2 amide bonds. The summed E-state index contributed by atoms with van der Waals surface area (Å²) in [4.78, 5) is 26.8. The Morgan fingerprint density at radius 3 is 2.52 bits per heavy atom. The van der Waals surface area contributed by atoms with Crippen LogP contribution in [0.2, 0.25) is 0 Å². The Bertz CT molecular complexity index is 421. The highest BCUT2D eigenvalue weighted by Gasteiger charge is 2.38. The van der Waals surface area contributed by atoms with Gasteiger partial charge in [-0.15, -0.1) is 0 Å². The average molecular weight is 292 g/mol. The second kappa shape index (κ2) is 7.10. The number of allylic oxidation sites excluding steroid dienone is 1. The summed E-state index contributed by atoms with van der Waals surface area (Å²) in [5.41, 5.74) is 1.20. The summed E-state index contributed by atoms with van der Waals surface area (Å²) in [6, 6.07) is -0.338. The molecule has 0 radical (unpaired) electrons. The quantitative estimate of drug-likeness (QED) is 0.813. The molecule has 1 N–H and O–H groups in total. The molecule has 4 heteroatoms. The molecule has 2 fully saturated rings. The van der Waals surface area contributed by atoms with Crippen molar-refractivity contribution in [2.24, 2.45) is 5.92 Å². The van der Waals surface area contributed by atoms with Gasteiger partial charge >= 0.3 is 0 Å². The van der Waals surface area contributed by atoms with Crippen LogP contribution in [0.25, 0.3) is 0 Å². The van der Waals surface area contributed by atoms with Gasteiger partial charge in [0.25, 0.3) is 0 Å². The van der Waals surface area contributed by atoms with Crippen molar-refractivity contribution in [3.8, 4) is 0 Å². The summed E-state index contributed by atoms with van der Waals surface area (Å²) in [7, 11) is 0. The van der Waals surface area contributed by atoms with E-state index in [2.05, 4.69) is 11.4 Å². The lowest BCUT2D eigenvalue weighted by Gasteiger charge is -2.33. The van der Waals surface area contributed by atoms with Crippen LogP contribution in [0.15, 0.2) is 11.6 Å². The molecule has 0 bridgehead atoms. The van der Waals surface area contributed by atoms with E-state index in [9.17, 15) is 9.59 Å². The first-order valence-corrected chi connectivity index (χ1v) is 8.22. The molecule has 0 aromatic rings. The summed E-state index contributed by atoms with van der Waals surface area (Å²) >= 11 is 0. The molecular formula is C17H28N2O2. The Hall–Kier alpha value is -1.32. The summed E-state index contributed by atoms with van der Waals surface area (Å²) in [5, 5.41) is 3.00. The fourth-order valence-electron chi connectivity index (χ4n) is 3.41. The van der Waals surface area contributed by atoms with E-state index in [0.29, 0.717) is 18.9 Å². The van der Waals surface area contributed by atoms with Gasteiger partial charge in [-0.1, -0.05) is 30.9 Å². The summed E-state index contributed by atoms with van der Waals surface area (Å²) in [6.07, 6.45) is 8.20. The van der Waals surface area contributed by atoms with Crippen LogP contribution in [-0.4, -0.2) is 35.3 Å². The smallest absolute Gasteiger partial charge is 0.245 e. The molecular weight excluding hydrogens is 264 g/mol. The van der Waals surface area contributed by atoms with Gasteiger partial charge in [-0.2, -0.15) is 0 Å². The van der Waals surface area contributed by atoms with Crippen molar-refractivity contribution in [3.05, 3.63) is 11.6 Å². The number of nitrogens with one attached hydrogen (secondary N) is 1. The molecule has 1 heterocycles. The number of hydrogen-bond donors (Lipinski definition) is 1. The minimum absolute atomic E-state index is 0.0196. The molecule has 21 heavy (non-hydrogen) atoms. The van der Waals surface area contributed by atoms with Crippen molar-refractivity contribution in [1.82, 2.24) is 10.2 Å². The van der Waals surface area contributed by atoms with Crippen LogP contribution >= 0.6 is 0 Å². The predicted molar refractivity (Wildman–Crippen MR) is 83.7 cm³/mol. The molecule has 2 unspecified atom stereocenters. The Labute approximate surface area is 128 Å². The first-order valence-electron chi connectivity index (χ1n) is 8.22. The van der Waals surface area contributed by atoms with Gasteiger partial charge in [0.2, 0.25) is 11.8 Å². The zero-order valence-electron chi connectivity index (χ0n) is 13.5. The average Bonchev–Trinajstić information content (AvgIpc) is 2.54. The number of carbonyl (C=O) groups is 2. The molecule has 0 aromatic heterocycles. The highest BCUT2D eigenvalue weighted by Crippen LogP contribution is 2.29. The maximum Gasteiger partial charge on any atom is 0.245 e. The molecule has 0 spiro atoms. The first-order chi connectivity index (χ1) is 9.99. The van der Waals surface area contributed by atoms with Crippen LogP contribution in [0.5, 0.6) is 0 Å². The van der Waals surface area contributed by atoms with Gasteiger partial charge in [-0.25, -0.2) is 0 Å². The first kappa shape index (κ1) is 16.1. The van der Waals surface area contributed by atoms with E-state index in [1.54, 1.807) is 0 Å². The van der Waals surface area contributed by atoms with Gasteiger partial charge in [0.05, 0.1) is 0 Å². The van der Waals surface area contributed by atoms with Gasteiger partial charge in [0.1, 0.15) is 6.04 Å². The zero-order valence-corrected chi connectivity index (χ0v) is 13.5. The van der Waals surface area contributed by atoms with Gasteiger partial charge in [0.15, 0.2) is 0 Å². The molecule has 1 aliphatic carbocycles. The number of carbonyl (C=O) groups excluding carboxylic acids is 2. The molecule has 0 aromatic carbocycles. The standard InChI is InChI=1S/C17H28N2O2/c1-12(2)9-10-19-13(3)11-15(20)18-16(17(19)21)14-7-5-4-6-8-14/h9,13-14,16H,4-8,10-11H2,1-3H3,(H,18,20). The van der Waals surface area contributed by atoms with E-state index in [0.717, 1.165) is 12.8 Å². The molecule has 1 aliphatic heterocycles. The minimum Gasteiger partial charge on any atom is -0.344 e. The SMILES string of the molecule is CC(C)=CCN1C(=O)C(C2CCCCC2)NC(=O)CC1C. The van der Waals surface area contributed by atoms with Crippen molar-refractivity contribution in [3.63, 3.8) is 0 Å². The van der Waals surface area contributed by atoms with Crippen LogP contribution in [0, 0.1) is 5.92 Å². The molecule has 2 atom stereocenters. The fourth-order valence-corrected chi connectivity index (χ4v) is 3.41. The van der Waals surface area contributed by atoms with Gasteiger partial charge < -0.3 is 10.2 Å². The van der Waals surface area contributed by atoms with Crippen molar-refractivity contribution < 1.29 is 9.59 Å². The lowest BCUT2D eigenvalue weighted by Crippen LogP contribution is -2.50. The second-order valence-corrected chi connectivity index (χ2v) is 6.77. The van der Waals surface area contributed by atoms with Crippen LogP contribution in [0.3, 0.4) is 0 Å². The lowest BCUT2D eigenvalue weighted by molar-refractivity contribution is -0.136. The maximum absolute atomic E-state index is 12.9. The van der Waals surface area contributed by atoms with E-state index in [-0.39, 0.29) is 23.9 Å². The van der Waals surface area contributed by atoms with Crippen LogP contribution in [-0.2, 0) is 9.59 Å². The van der Waals surface area contributed by atoms with Crippen molar-refractivity contribution in [2.45, 2.75) is 71.4 Å². The third-order valence-corrected chi connectivity index (χ3v) is 4.70. The van der Waals surface area contributed by atoms with Crippen molar-refractivity contribution >= 4 is 11.8 Å². The third-order valence-electron chi connectivity index (χ3n) is 4.70. The summed E-state index contributed by atoms with van der Waals surface area (Å²) in [6.45, 7) is 6.66. The fraction of sp³-hybridized carbons (Fsp3) is 0.765. The lowest BCUT2D eigenvalue weighted by atomic mass is 9.83. The number of amides is 2. The van der Waals surface area contributed by atoms with Crippen LogP contribution < -0.4 is 5.32 Å². The van der Waals surface area contributed by atoms with Crippen LogP contribution in [0.1, 0.15) is 59.3 Å². The molecule has 4 nitrogen and oxygen atoms in total.